The van der Waals surface area contributed by atoms with Crippen molar-refractivity contribution < 1.29 is 27.0 Å². The number of rotatable bonds is 1. The molecule has 4 nitrogen and oxygen atoms in total. The van der Waals surface area contributed by atoms with Crippen molar-refractivity contribution in [3.05, 3.63) is 18.2 Å². The van der Waals surface area contributed by atoms with Crippen molar-refractivity contribution in [2.24, 2.45) is 5.84 Å². The van der Waals surface area contributed by atoms with Gasteiger partial charge in [0, 0.05) is 6.07 Å². The highest BCUT2D eigenvalue weighted by molar-refractivity contribution is 5.54. The lowest BCUT2D eigenvalue weighted by Gasteiger charge is -2.31. The fourth-order valence-corrected chi connectivity index (χ4v) is 1.16. The second-order valence-electron chi connectivity index (χ2n) is 3.04. The van der Waals surface area contributed by atoms with E-state index in [1.807, 2.05) is 0 Å². The minimum absolute atomic E-state index is 0.225. The van der Waals surface area contributed by atoms with Crippen LogP contribution in [0.2, 0.25) is 0 Å². The van der Waals surface area contributed by atoms with E-state index in [9.17, 15) is 17.6 Å². The predicted molar refractivity (Wildman–Crippen MR) is 45.4 cm³/mol. The summed E-state index contributed by atoms with van der Waals surface area (Å²) in [6.45, 7) is 0. The van der Waals surface area contributed by atoms with Gasteiger partial charge < -0.3 is 14.9 Å². The van der Waals surface area contributed by atoms with E-state index in [2.05, 4.69) is 14.9 Å². The van der Waals surface area contributed by atoms with Crippen molar-refractivity contribution in [3.63, 3.8) is 0 Å². The monoisotopic (exact) mass is 238 g/mol. The molecule has 0 saturated heterocycles. The number of nitrogen functional groups attached to an aromatic ring is 1. The third-order valence-electron chi connectivity index (χ3n) is 1.93. The third-order valence-corrected chi connectivity index (χ3v) is 1.93. The van der Waals surface area contributed by atoms with Gasteiger partial charge in [-0.1, -0.05) is 0 Å². The summed E-state index contributed by atoms with van der Waals surface area (Å²) in [4.78, 5) is 0. The largest absolute Gasteiger partial charge is 0.507 e. The van der Waals surface area contributed by atoms with Gasteiger partial charge in [-0.25, -0.2) is 0 Å². The second kappa shape index (κ2) is 3.14. The van der Waals surface area contributed by atoms with Crippen LogP contribution in [-0.4, -0.2) is 12.2 Å². The number of nitrogens with two attached hydrogens (primary N) is 1. The Morgan fingerprint density at radius 2 is 1.56 bits per heavy atom. The number of halogens is 4. The van der Waals surface area contributed by atoms with Crippen LogP contribution in [-0.2, 0) is 0 Å². The maximum atomic E-state index is 12.7. The van der Waals surface area contributed by atoms with Gasteiger partial charge in [-0.3, -0.25) is 5.84 Å². The van der Waals surface area contributed by atoms with Gasteiger partial charge in [-0.05, 0) is 12.1 Å². The Hall–Kier alpha value is -1.70. The van der Waals surface area contributed by atoms with E-state index >= 15 is 0 Å². The molecule has 1 aromatic carbocycles. The molecule has 2 rings (SSSR count). The lowest BCUT2D eigenvalue weighted by Crippen LogP contribution is -2.52. The molecule has 1 aliphatic heterocycles. The smallest absolute Gasteiger partial charge is 0.421 e. The second-order valence-corrected chi connectivity index (χ2v) is 3.04. The molecule has 0 bridgehead atoms. The van der Waals surface area contributed by atoms with E-state index in [4.69, 9.17) is 5.84 Å². The predicted octanol–water partition coefficient (Wildman–Crippen LogP) is 1.93. The number of nitrogens with one attached hydrogen (secondary N) is 1. The molecule has 0 aliphatic carbocycles. The molecule has 0 aromatic heterocycles. The van der Waals surface area contributed by atoms with Crippen LogP contribution in [0.3, 0.4) is 0 Å². The number of benzene rings is 1. The van der Waals surface area contributed by atoms with E-state index < -0.39 is 23.7 Å². The van der Waals surface area contributed by atoms with E-state index in [-0.39, 0.29) is 5.69 Å². The summed E-state index contributed by atoms with van der Waals surface area (Å²) in [7, 11) is 0. The van der Waals surface area contributed by atoms with Crippen LogP contribution in [0.5, 0.6) is 11.5 Å². The van der Waals surface area contributed by atoms with Gasteiger partial charge in [0.05, 0.1) is 5.69 Å². The van der Waals surface area contributed by atoms with Gasteiger partial charge in [0.25, 0.3) is 0 Å². The fraction of sp³-hybridized carbons (Fsp3) is 0.250. The van der Waals surface area contributed by atoms with Crippen LogP contribution in [0.4, 0.5) is 23.2 Å². The van der Waals surface area contributed by atoms with Crippen LogP contribution >= 0.6 is 0 Å². The molecule has 16 heavy (non-hydrogen) atoms. The van der Waals surface area contributed by atoms with E-state index in [0.717, 1.165) is 12.1 Å². The quantitative estimate of drug-likeness (QED) is 0.446. The SMILES string of the molecule is NNc1ccc2c(c1)OC(F)(F)C(F)(F)O2. The van der Waals surface area contributed by atoms with Crippen LogP contribution in [0.15, 0.2) is 18.2 Å². The Morgan fingerprint density at radius 3 is 2.12 bits per heavy atom. The number of hydrogen-bond donors (Lipinski definition) is 2. The standard InChI is InChI=1S/C8H6F4N2O2/c9-7(10)8(11,12)16-6-3-4(14-13)1-2-5(6)15-7/h1-3,14H,13H2. The maximum Gasteiger partial charge on any atom is 0.507 e. The summed E-state index contributed by atoms with van der Waals surface area (Å²) in [6, 6.07) is 3.36. The summed E-state index contributed by atoms with van der Waals surface area (Å²) in [6.07, 6.45) is -9.41. The van der Waals surface area contributed by atoms with Crippen molar-refractivity contribution in [2.45, 2.75) is 12.2 Å². The molecular weight excluding hydrogens is 232 g/mol. The lowest BCUT2D eigenvalue weighted by molar-refractivity contribution is -0.391. The number of fused-ring (bicyclic) bond motifs is 1. The Morgan fingerprint density at radius 1 is 1.00 bits per heavy atom. The van der Waals surface area contributed by atoms with Crippen LogP contribution in [0.25, 0.3) is 0 Å². The molecule has 0 amide bonds. The van der Waals surface area contributed by atoms with Crippen LogP contribution in [0, 0.1) is 0 Å². The Balaban J connectivity index is 2.43. The van der Waals surface area contributed by atoms with Gasteiger partial charge in [0.1, 0.15) is 0 Å². The van der Waals surface area contributed by atoms with Crippen molar-refractivity contribution in [1.82, 2.24) is 0 Å². The summed E-state index contributed by atoms with van der Waals surface area (Å²) in [5, 5.41) is 0. The van der Waals surface area contributed by atoms with E-state index in [1.54, 1.807) is 0 Å². The highest BCUT2D eigenvalue weighted by Gasteiger charge is 2.65. The molecule has 0 unspecified atom stereocenters. The molecule has 1 heterocycles. The number of hydrazine groups is 1. The normalized spacial score (nSPS) is 20.3. The van der Waals surface area contributed by atoms with Gasteiger partial charge in [0.2, 0.25) is 0 Å². The zero-order valence-electron chi connectivity index (χ0n) is 7.64. The summed E-state index contributed by atoms with van der Waals surface area (Å²) >= 11 is 0. The third kappa shape index (κ3) is 1.51. The molecule has 0 spiro atoms. The minimum atomic E-state index is -4.72. The van der Waals surface area contributed by atoms with Gasteiger partial charge >= 0.3 is 12.2 Å². The topological polar surface area (TPSA) is 56.5 Å². The van der Waals surface area contributed by atoms with Gasteiger partial charge in [-0.2, -0.15) is 17.6 Å². The highest BCUT2D eigenvalue weighted by Crippen LogP contribution is 2.47. The number of anilines is 1. The first-order chi connectivity index (χ1) is 7.36. The van der Waals surface area contributed by atoms with Crippen LogP contribution < -0.4 is 20.7 Å². The minimum Gasteiger partial charge on any atom is -0.421 e. The first kappa shape index (κ1) is 10.8. The molecule has 0 radical (unpaired) electrons. The van der Waals surface area contributed by atoms with Crippen molar-refractivity contribution in [3.8, 4) is 11.5 Å². The van der Waals surface area contributed by atoms with E-state index in [0.29, 0.717) is 0 Å². The average molecular weight is 238 g/mol. The summed E-state index contributed by atoms with van der Waals surface area (Å²) in [5.74, 6) is 4.04. The molecule has 88 valence electrons. The molecule has 3 N–H and O–H groups in total. The summed E-state index contributed by atoms with van der Waals surface area (Å²) < 4.78 is 58.6. The van der Waals surface area contributed by atoms with Crippen molar-refractivity contribution in [2.75, 3.05) is 5.43 Å². The first-order valence-corrected chi connectivity index (χ1v) is 4.10. The first-order valence-electron chi connectivity index (χ1n) is 4.10. The molecule has 8 heteroatoms. The Bertz CT molecular complexity index is 424. The lowest BCUT2D eigenvalue weighted by atomic mass is 10.2. The molecule has 0 fully saturated rings. The fourth-order valence-electron chi connectivity index (χ4n) is 1.16. The average Bonchev–Trinajstić information content (AvgIpc) is 2.18. The Labute approximate surface area is 86.9 Å². The molecule has 1 aliphatic rings. The molecule has 1 aromatic rings. The summed E-state index contributed by atoms with van der Waals surface area (Å²) in [5.41, 5.74) is 2.38. The molecular formula is C8H6F4N2O2. The highest BCUT2D eigenvalue weighted by atomic mass is 19.3. The zero-order chi connectivity index (χ0) is 12.0. The van der Waals surface area contributed by atoms with Crippen LogP contribution in [0.1, 0.15) is 0 Å². The zero-order valence-corrected chi connectivity index (χ0v) is 7.64. The van der Waals surface area contributed by atoms with E-state index in [1.165, 1.54) is 6.07 Å². The maximum absolute atomic E-state index is 12.7. The number of hydrogen-bond acceptors (Lipinski definition) is 4. The molecule has 0 saturated carbocycles. The van der Waals surface area contributed by atoms with Gasteiger partial charge in [-0.15, -0.1) is 0 Å². The number of ether oxygens (including phenoxy) is 2. The van der Waals surface area contributed by atoms with Crippen molar-refractivity contribution >= 4 is 5.69 Å². The molecule has 0 atom stereocenters. The Kier molecular flexibility index (Phi) is 2.12. The van der Waals surface area contributed by atoms with Gasteiger partial charge in [0.15, 0.2) is 11.5 Å². The van der Waals surface area contributed by atoms with Crippen molar-refractivity contribution in [1.29, 1.82) is 0 Å². The number of alkyl halides is 4.